The molecule has 0 saturated heterocycles. The highest BCUT2D eigenvalue weighted by atomic mass is 16.1. The molecule has 158 valence electrons. The molecular weight excluding hydrogens is 408 g/mol. The first-order chi connectivity index (χ1) is 16.3. The maximum absolute atomic E-state index is 13.6. The molecule has 5 nitrogen and oxygen atoms in total. The van der Waals surface area contributed by atoms with Gasteiger partial charge in [0.05, 0.1) is 17.1 Å². The summed E-state index contributed by atoms with van der Waals surface area (Å²) in [7, 11) is 0. The van der Waals surface area contributed by atoms with E-state index in [0.717, 1.165) is 33.4 Å². The maximum atomic E-state index is 13.6. The van der Waals surface area contributed by atoms with Crippen molar-refractivity contribution in [2.45, 2.75) is 0 Å². The van der Waals surface area contributed by atoms with Crippen molar-refractivity contribution in [3.63, 3.8) is 0 Å². The van der Waals surface area contributed by atoms with Crippen LogP contribution in [0.1, 0.15) is 16.8 Å². The number of anilines is 1. The summed E-state index contributed by atoms with van der Waals surface area (Å²) in [6.45, 7) is 0. The molecule has 0 radical (unpaired) electrons. The van der Waals surface area contributed by atoms with Crippen LogP contribution in [-0.4, -0.2) is 15.6 Å². The second-order valence-electron chi connectivity index (χ2n) is 7.89. The van der Waals surface area contributed by atoms with E-state index in [4.69, 9.17) is 4.99 Å². The molecule has 1 aliphatic heterocycles. The molecule has 2 N–H and O–H groups in total. The third kappa shape index (κ3) is 3.36. The summed E-state index contributed by atoms with van der Waals surface area (Å²) in [5.41, 5.74) is 4.63. The Morgan fingerprint density at radius 1 is 0.758 bits per heavy atom. The molecule has 0 amide bonds. The smallest absolute Gasteiger partial charge is 0.282 e. The van der Waals surface area contributed by atoms with Gasteiger partial charge in [0.2, 0.25) is 0 Å². The Bertz CT molecular complexity index is 1590. The van der Waals surface area contributed by atoms with Gasteiger partial charge < -0.3 is 5.32 Å². The molecule has 5 heteroatoms. The maximum Gasteiger partial charge on any atom is 0.282 e. The van der Waals surface area contributed by atoms with Gasteiger partial charge in [-0.3, -0.25) is 9.89 Å². The van der Waals surface area contributed by atoms with Crippen LogP contribution in [0, 0.1) is 0 Å². The quantitative estimate of drug-likeness (QED) is 0.369. The Hall–Kier alpha value is -4.64. The van der Waals surface area contributed by atoms with Gasteiger partial charge in [-0.15, -0.1) is 0 Å². The Morgan fingerprint density at radius 3 is 2.27 bits per heavy atom. The minimum Gasteiger partial charge on any atom is -0.339 e. The molecule has 2 heterocycles. The van der Waals surface area contributed by atoms with Crippen molar-refractivity contribution in [1.82, 2.24) is 9.78 Å². The first-order valence-electron chi connectivity index (χ1n) is 10.8. The van der Waals surface area contributed by atoms with Gasteiger partial charge in [0.25, 0.3) is 5.56 Å². The van der Waals surface area contributed by atoms with Crippen LogP contribution < -0.4 is 10.9 Å². The molecule has 0 bridgehead atoms. The number of nitrogens with one attached hydrogen (secondary N) is 2. The molecule has 1 aromatic heterocycles. The Kier molecular flexibility index (Phi) is 4.51. The van der Waals surface area contributed by atoms with Crippen molar-refractivity contribution in [2.24, 2.45) is 4.99 Å². The average molecular weight is 428 g/mol. The van der Waals surface area contributed by atoms with Crippen molar-refractivity contribution < 1.29 is 0 Å². The molecule has 0 atom stereocenters. The van der Waals surface area contributed by atoms with E-state index in [0.29, 0.717) is 17.1 Å². The summed E-state index contributed by atoms with van der Waals surface area (Å²) in [5, 5.41) is 8.85. The lowest BCUT2D eigenvalue weighted by Gasteiger charge is -2.18. The first kappa shape index (κ1) is 19.1. The predicted molar refractivity (Wildman–Crippen MR) is 136 cm³/mol. The molecule has 0 aliphatic carbocycles. The van der Waals surface area contributed by atoms with Gasteiger partial charge in [-0.2, -0.15) is 0 Å². The number of rotatable bonds is 4. The lowest BCUT2D eigenvalue weighted by Crippen LogP contribution is -2.26. The normalized spacial score (nSPS) is 12.7. The highest BCUT2D eigenvalue weighted by Gasteiger charge is 2.23. The zero-order chi connectivity index (χ0) is 22.2. The van der Waals surface area contributed by atoms with Gasteiger partial charge in [-0.05, 0) is 41.3 Å². The van der Waals surface area contributed by atoms with E-state index in [1.54, 1.807) is 4.68 Å². The van der Waals surface area contributed by atoms with Crippen molar-refractivity contribution in [1.29, 1.82) is 0 Å². The number of aromatic amines is 1. The number of nitrogens with zero attached hydrogens (tertiary/aromatic N) is 2. The van der Waals surface area contributed by atoms with Gasteiger partial charge in [-0.25, -0.2) is 9.67 Å². The van der Waals surface area contributed by atoms with Gasteiger partial charge in [0, 0.05) is 11.1 Å². The van der Waals surface area contributed by atoms with Crippen LogP contribution in [0.2, 0.25) is 0 Å². The second-order valence-corrected chi connectivity index (χ2v) is 7.89. The van der Waals surface area contributed by atoms with Crippen LogP contribution in [0.25, 0.3) is 28.6 Å². The lowest BCUT2D eigenvalue weighted by atomic mass is 10.0. The first-order valence-corrected chi connectivity index (χ1v) is 10.8. The van der Waals surface area contributed by atoms with Gasteiger partial charge in [0.15, 0.2) is 0 Å². The van der Waals surface area contributed by atoms with Crippen LogP contribution >= 0.6 is 0 Å². The number of H-pyrrole nitrogens is 1. The van der Waals surface area contributed by atoms with Crippen LogP contribution in [0.3, 0.4) is 0 Å². The summed E-state index contributed by atoms with van der Waals surface area (Å²) in [6.07, 6.45) is 3.92. The second kappa shape index (κ2) is 7.80. The monoisotopic (exact) mass is 428 g/mol. The van der Waals surface area contributed by atoms with E-state index < -0.39 is 0 Å². The van der Waals surface area contributed by atoms with Crippen molar-refractivity contribution in [3.05, 3.63) is 124 Å². The minimum absolute atomic E-state index is 0.160. The molecule has 0 fully saturated rings. The summed E-state index contributed by atoms with van der Waals surface area (Å²) in [6, 6.07) is 31.7. The topological polar surface area (TPSA) is 62.2 Å². The molecule has 0 spiro atoms. The number of aromatic nitrogens is 2. The number of hydrogen-bond donors (Lipinski definition) is 2. The van der Waals surface area contributed by atoms with Crippen LogP contribution in [0.4, 0.5) is 11.4 Å². The van der Waals surface area contributed by atoms with Crippen molar-refractivity contribution >= 4 is 40.1 Å². The van der Waals surface area contributed by atoms with Crippen molar-refractivity contribution in [2.75, 3.05) is 5.32 Å². The van der Waals surface area contributed by atoms with Crippen molar-refractivity contribution in [3.8, 4) is 5.69 Å². The summed E-state index contributed by atoms with van der Waals surface area (Å²) >= 11 is 0. The molecule has 0 saturated carbocycles. The fourth-order valence-electron chi connectivity index (χ4n) is 4.22. The molecular formula is C28H20N4O. The van der Waals surface area contributed by atoms with E-state index >= 15 is 0 Å². The standard InChI is InChI=1S/C28H20N4O/c33-28-26(27-29-22-15-7-11-20-12-8-16-23(30-27)25(20)22)24(18-17-19-9-3-1-4-10-19)31-32(28)21-13-5-2-6-14-21/h1-18,31H,(H,29,30)/b18-17+. The SMILES string of the molecule is O=c1c(C2=Nc3cccc4cccc(c34)N2)c(/C=C/c2ccccc2)[nH]n1-c1ccccc1. The number of amidine groups is 1. The van der Waals surface area contributed by atoms with Gasteiger partial charge in [-0.1, -0.05) is 78.9 Å². The van der Waals surface area contributed by atoms with Crippen LogP contribution in [0.5, 0.6) is 0 Å². The molecule has 6 rings (SSSR count). The number of aliphatic imine (C=N–C) groups is 1. The van der Waals surface area contributed by atoms with Crippen LogP contribution in [0.15, 0.2) is 107 Å². The van der Waals surface area contributed by atoms with E-state index in [-0.39, 0.29) is 5.56 Å². The number of para-hydroxylation sites is 1. The third-order valence-electron chi connectivity index (χ3n) is 5.78. The van der Waals surface area contributed by atoms with Crippen LogP contribution in [-0.2, 0) is 0 Å². The van der Waals surface area contributed by atoms with E-state index in [1.807, 2.05) is 97.1 Å². The average Bonchev–Trinajstić information content (AvgIpc) is 3.20. The number of hydrogen-bond acceptors (Lipinski definition) is 3. The van der Waals surface area contributed by atoms with E-state index in [2.05, 4.69) is 22.5 Å². The fraction of sp³-hybridized carbons (Fsp3) is 0. The molecule has 1 aliphatic rings. The Balaban J connectivity index is 1.54. The minimum atomic E-state index is -0.160. The highest BCUT2D eigenvalue weighted by molar-refractivity contribution is 6.19. The highest BCUT2D eigenvalue weighted by Crippen LogP contribution is 2.36. The Labute approximate surface area is 190 Å². The van der Waals surface area contributed by atoms with E-state index in [1.165, 1.54) is 0 Å². The molecule has 5 aromatic rings. The zero-order valence-electron chi connectivity index (χ0n) is 17.7. The lowest BCUT2D eigenvalue weighted by molar-refractivity contribution is 0.845. The molecule has 4 aromatic carbocycles. The third-order valence-corrected chi connectivity index (χ3v) is 5.78. The number of benzene rings is 4. The van der Waals surface area contributed by atoms with E-state index in [9.17, 15) is 4.79 Å². The zero-order valence-corrected chi connectivity index (χ0v) is 17.7. The molecule has 33 heavy (non-hydrogen) atoms. The summed E-state index contributed by atoms with van der Waals surface area (Å²) in [5.74, 6) is 0.532. The van der Waals surface area contributed by atoms with Gasteiger partial charge >= 0.3 is 0 Å². The summed E-state index contributed by atoms with van der Waals surface area (Å²) < 4.78 is 1.56. The predicted octanol–water partition coefficient (Wildman–Crippen LogP) is 5.99. The Morgan fingerprint density at radius 2 is 1.48 bits per heavy atom. The largest absolute Gasteiger partial charge is 0.339 e. The fourth-order valence-corrected chi connectivity index (χ4v) is 4.22. The molecule has 0 unspecified atom stereocenters. The van der Waals surface area contributed by atoms with Gasteiger partial charge in [0.1, 0.15) is 11.4 Å². The summed E-state index contributed by atoms with van der Waals surface area (Å²) in [4.78, 5) is 18.5.